The van der Waals surface area contributed by atoms with Gasteiger partial charge in [0.25, 0.3) is 0 Å². The Kier molecular flexibility index (Phi) is 3.80. The van der Waals surface area contributed by atoms with Gasteiger partial charge in [0.2, 0.25) is 5.91 Å². The summed E-state index contributed by atoms with van der Waals surface area (Å²) in [4.78, 5) is 23.0. The summed E-state index contributed by atoms with van der Waals surface area (Å²) in [6.07, 6.45) is 0. The van der Waals surface area contributed by atoms with E-state index in [1.165, 1.54) is 0 Å². The average Bonchev–Trinajstić information content (AvgIpc) is 2.76. The van der Waals surface area contributed by atoms with E-state index >= 15 is 0 Å². The summed E-state index contributed by atoms with van der Waals surface area (Å²) in [6, 6.07) is 0. The van der Waals surface area contributed by atoms with Crippen molar-refractivity contribution in [2.45, 2.75) is 41.5 Å². The molecule has 1 saturated carbocycles. The standard InChI is InChI=1S/C14H25NO3/c1-8(13(2,3)4)7-15-11(16)9-10(12(17)18)14(9,5)6/h8-10H,7H2,1-6H3,(H,15,16)(H,17,18). The van der Waals surface area contributed by atoms with Gasteiger partial charge < -0.3 is 10.4 Å². The lowest BCUT2D eigenvalue weighted by Gasteiger charge is -2.27. The van der Waals surface area contributed by atoms with Crippen LogP contribution in [0.15, 0.2) is 0 Å². The van der Waals surface area contributed by atoms with Gasteiger partial charge in [-0.05, 0) is 16.7 Å². The Morgan fingerprint density at radius 3 is 2.11 bits per heavy atom. The Balaban J connectivity index is 2.52. The highest BCUT2D eigenvalue weighted by atomic mass is 16.4. The van der Waals surface area contributed by atoms with E-state index in [2.05, 4.69) is 33.0 Å². The molecule has 1 rings (SSSR count). The molecule has 0 aliphatic heterocycles. The van der Waals surface area contributed by atoms with Crippen LogP contribution in [-0.2, 0) is 9.59 Å². The zero-order valence-electron chi connectivity index (χ0n) is 12.2. The summed E-state index contributed by atoms with van der Waals surface area (Å²) in [5.41, 5.74) is -0.278. The molecule has 2 N–H and O–H groups in total. The van der Waals surface area contributed by atoms with Gasteiger partial charge in [-0.1, -0.05) is 41.5 Å². The second-order valence-electron chi connectivity index (χ2n) is 7.13. The number of carboxylic acids is 1. The van der Waals surface area contributed by atoms with Crippen LogP contribution in [-0.4, -0.2) is 23.5 Å². The van der Waals surface area contributed by atoms with Crippen molar-refractivity contribution >= 4 is 11.9 Å². The van der Waals surface area contributed by atoms with E-state index in [1.807, 2.05) is 13.8 Å². The third-order valence-corrected chi connectivity index (χ3v) is 4.44. The molecule has 104 valence electrons. The number of carbonyl (C=O) groups excluding carboxylic acids is 1. The summed E-state index contributed by atoms with van der Waals surface area (Å²) in [5, 5.41) is 11.9. The first-order valence-electron chi connectivity index (χ1n) is 6.50. The minimum Gasteiger partial charge on any atom is -0.481 e. The number of nitrogens with one attached hydrogen (secondary N) is 1. The molecule has 0 radical (unpaired) electrons. The molecular formula is C14H25NO3. The first-order valence-corrected chi connectivity index (χ1v) is 6.50. The second kappa shape index (κ2) is 4.56. The van der Waals surface area contributed by atoms with Crippen LogP contribution >= 0.6 is 0 Å². The van der Waals surface area contributed by atoms with Crippen molar-refractivity contribution in [3.8, 4) is 0 Å². The fraction of sp³-hybridized carbons (Fsp3) is 0.857. The molecular weight excluding hydrogens is 230 g/mol. The third kappa shape index (κ3) is 2.85. The normalized spacial score (nSPS) is 27.4. The molecule has 3 atom stereocenters. The highest BCUT2D eigenvalue weighted by Crippen LogP contribution is 2.58. The molecule has 1 aliphatic rings. The van der Waals surface area contributed by atoms with Crippen LogP contribution < -0.4 is 5.32 Å². The zero-order valence-corrected chi connectivity index (χ0v) is 12.2. The SMILES string of the molecule is CC(CNC(=O)C1C(C(=O)O)C1(C)C)C(C)(C)C. The highest BCUT2D eigenvalue weighted by Gasteiger charge is 2.65. The van der Waals surface area contributed by atoms with Gasteiger partial charge in [-0.25, -0.2) is 0 Å². The van der Waals surface area contributed by atoms with Crippen molar-refractivity contribution in [2.24, 2.45) is 28.6 Å². The number of hydrogen-bond acceptors (Lipinski definition) is 2. The lowest BCUT2D eigenvalue weighted by molar-refractivity contribution is -0.140. The van der Waals surface area contributed by atoms with Crippen molar-refractivity contribution in [1.29, 1.82) is 0 Å². The molecule has 18 heavy (non-hydrogen) atoms. The lowest BCUT2D eigenvalue weighted by atomic mass is 9.82. The predicted molar refractivity (Wildman–Crippen MR) is 70.0 cm³/mol. The molecule has 3 unspecified atom stereocenters. The topological polar surface area (TPSA) is 66.4 Å². The van der Waals surface area contributed by atoms with Crippen LogP contribution in [0.4, 0.5) is 0 Å². The van der Waals surface area contributed by atoms with Gasteiger partial charge in [0.15, 0.2) is 0 Å². The van der Waals surface area contributed by atoms with Crippen LogP contribution in [0.25, 0.3) is 0 Å². The highest BCUT2D eigenvalue weighted by molar-refractivity contribution is 5.91. The van der Waals surface area contributed by atoms with Crippen LogP contribution in [0.2, 0.25) is 0 Å². The second-order valence-corrected chi connectivity index (χ2v) is 7.13. The van der Waals surface area contributed by atoms with E-state index in [-0.39, 0.29) is 17.2 Å². The fourth-order valence-electron chi connectivity index (χ4n) is 2.26. The van der Waals surface area contributed by atoms with Crippen LogP contribution in [0.1, 0.15) is 41.5 Å². The van der Waals surface area contributed by atoms with Gasteiger partial charge in [0.1, 0.15) is 0 Å². The van der Waals surface area contributed by atoms with Gasteiger partial charge in [-0.15, -0.1) is 0 Å². The van der Waals surface area contributed by atoms with Crippen LogP contribution in [0.3, 0.4) is 0 Å². The van der Waals surface area contributed by atoms with Crippen LogP contribution in [0.5, 0.6) is 0 Å². The van der Waals surface area contributed by atoms with E-state index in [1.54, 1.807) is 0 Å². The molecule has 4 nitrogen and oxygen atoms in total. The van der Waals surface area contributed by atoms with Crippen molar-refractivity contribution in [2.75, 3.05) is 6.54 Å². The summed E-state index contributed by atoms with van der Waals surface area (Å²) in [6.45, 7) is 12.8. The summed E-state index contributed by atoms with van der Waals surface area (Å²) >= 11 is 0. The molecule has 0 spiro atoms. The summed E-state index contributed by atoms with van der Waals surface area (Å²) < 4.78 is 0. The molecule has 1 aliphatic carbocycles. The van der Waals surface area contributed by atoms with Gasteiger partial charge >= 0.3 is 5.97 Å². The number of hydrogen-bond donors (Lipinski definition) is 2. The third-order valence-electron chi connectivity index (χ3n) is 4.44. The first-order chi connectivity index (χ1) is 7.99. The Hall–Kier alpha value is -1.06. The Bertz CT molecular complexity index is 355. The fourth-order valence-corrected chi connectivity index (χ4v) is 2.26. The van der Waals surface area contributed by atoms with Crippen molar-refractivity contribution in [3.05, 3.63) is 0 Å². The molecule has 0 aromatic rings. The molecule has 0 saturated heterocycles. The quantitative estimate of drug-likeness (QED) is 0.809. The van der Waals surface area contributed by atoms with Crippen molar-refractivity contribution in [1.82, 2.24) is 5.32 Å². The Morgan fingerprint density at radius 2 is 1.78 bits per heavy atom. The lowest BCUT2D eigenvalue weighted by Crippen LogP contribution is -2.35. The zero-order chi connectivity index (χ0) is 14.3. The minimum atomic E-state index is -0.871. The van der Waals surface area contributed by atoms with Crippen LogP contribution in [0, 0.1) is 28.6 Å². The number of carbonyl (C=O) groups is 2. The van der Waals surface area contributed by atoms with Gasteiger partial charge in [-0.3, -0.25) is 9.59 Å². The van der Waals surface area contributed by atoms with Crippen molar-refractivity contribution < 1.29 is 14.7 Å². The largest absolute Gasteiger partial charge is 0.481 e. The predicted octanol–water partition coefficient (Wildman–Crippen LogP) is 2.14. The monoisotopic (exact) mass is 255 g/mol. The van der Waals surface area contributed by atoms with Gasteiger partial charge in [0, 0.05) is 6.54 Å². The van der Waals surface area contributed by atoms with Gasteiger partial charge in [0.05, 0.1) is 11.8 Å². The first kappa shape index (κ1) is 15.0. The molecule has 0 bridgehead atoms. The molecule has 0 aromatic heterocycles. The number of carboxylic acid groups (broad SMARTS) is 1. The maximum Gasteiger partial charge on any atom is 0.307 e. The number of aliphatic carboxylic acids is 1. The maximum atomic E-state index is 12.0. The molecule has 4 heteroatoms. The summed E-state index contributed by atoms with van der Waals surface area (Å²) in [7, 11) is 0. The minimum absolute atomic E-state index is 0.122. The molecule has 1 amide bonds. The molecule has 0 aromatic carbocycles. The Morgan fingerprint density at radius 1 is 1.28 bits per heavy atom. The average molecular weight is 255 g/mol. The molecule has 0 heterocycles. The van der Waals surface area contributed by atoms with E-state index in [9.17, 15) is 9.59 Å². The van der Waals surface area contributed by atoms with Crippen molar-refractivity contribution in [3.63, 3.8) is 0 Å². The van der Waals surface area contributed by atoms with E-state index in [0.717, 1.165) is 0 Å². The maximum absolute atomic E-state index is 12.0. The Labute approximate surface area is 109 Å². The summed E-state index contributed by atoms with van der Waals surface area (Å²) in [5.74, 6) is -1.57. The van der Waals surface area contributed by atoms with Gasteiger partial charge in [-0.2, -0.15) is 0 Å². The smallest absolute Gasteiger partial charge is 0.307 e. The molecule has 1 fully saturated rings. The van der Waals surface area contributed by atoms with E-state index in [4.69, 9.17) is 5.11 Å². The van der Waals surface area contributed by atoms with E-state index in [0.29, 0.717) is 12.5 Å². The van der Waals surface area contributed by atoms with E-state index < -0.39 is 17.3 Å². The number of rotatable bonds is 4. The number of amides is 1.